The molecule has 2 aromatic rings. The maximum atomic E-state index is 12.3. The summed E-state index contributed by atoms with van der Waals surface area (Å²) in [4.78, 5) is 12.3. The Bertz CT molecular complexity index is 913. The zero-order valence-corrected chi connectivity index (χ0v) is 18.0. The van der Waals surface area contributed by atoms with Gasteiger partial charge in [0.05, 0.1) is 18.0 Å². The third-order valence-corrected chi connectivity index (χ3v) is 6.06. The van der Waals surface area contributed by atoms with Crippen LogP contribution in [0.2, 0.25) is 0 Å². The van der Waals surface area contributed by atoms with E-state index >= 15 is 0 Å². The average Bonchev–Trinajstić information content (AvgIpc) is 2.72. The quantitative estimate of drug-likeness (QED) is 0.616. The van der Waals surface area contributed by atoms with Crippen LogP contribution >= 0.6 is 0 Å². The highest BCUT2D eigenvalue weighted by Crippen LogP contribution is 2.24. The molecule has 158 valence electrons. The number of carbonyl (C=O) groups excluding carboxylic acids is 1. The van der Waals surface area contributed by atoms with Crippen LogP contribution in [0.25, 0.3) is 0 Å². The minimum Gasteiger partial charge on any atom is -0.496 e. The van der Waals surface area contributed by atoms with Crippen LogP contribution in [0.3, 0.4) is 0 Å². The van der Waals surface area contributed by atoms with E-state index in [2.05, 4.69) is 10.0 Å². The van der Waals surface area contributed by atoms with Crippen LogP contribution in [0, 0.1) is 0 Å². The Morgan fingerprint density at radius 1 is 1.07 bits per heavy atom. The van der Waals surface area contributed by atoms with Gasteiger partial charge in [-0.05, 0) is 50.6 Å². The first kappa shape index (κ1) is 22.7. The fourth-order valence-electron chi connectivity index (χ4n) is 2.67. The number of amides is 1. The number of rotatable bonds is 10. The molecule has 0 saturated heterocycles. The first-order valence-corrected chi connectivity index (χ1v) is 10.9. The van der Waals surface area contributed by atoms with E-state index in [9.17, 15) is 13.2 Å². The summed E-state index contributed by atoms with van der Waals surface area (Å²) in [5.41, 5.74) is 0.867. The lowest BCUT2D eigenvalue weighted by Gasteiger charge is -2.17. The third kappa shape index (κ3) is 6.47. The highest BCUT2D eigenvalue weighted by Gasteiger charge is 2.17. The maximum Gasteiger partial charge on any atom is 0.258 e. The Morgan fingerprint density at radius 3 is 2.34 bits per heavy atom. The van der Waals surface area contributed by atoms with E-state index in [-0.39, 0.29) is 29.5 Å². The van der Waals surface area contributed by atoms with Gasteiger partial charge in [0.2, 0.25) is 10.0 Å². The summed E-state index contributed by atoms with van der Waals surface area (Å²) in [7, 11) is -1.99. The molecule has 2 atom stereocenters. The van der Waals surface area contributed by atoms with Crippen molar-refractivity contribution in [3.05, 3.63) is 54.1 Å². The van der Waals surface area contributed by atoms with Crippen molar-refractivity contribution in [2.24, 2.45) is 0 Å². The van der Waals surface area contributed by atoms with Crippen molar-refractivity contribution in [2.75, 3.05) is 13.7 Å². The van der Waals surface area contributed by atoms with Crippen LogP contribution in [0.4, 0.5) is 0 Å². The Morgan fingerprint density at radius 2 is 1.72 bits per heavy atom. The molecule has 0 aliphatic heterocycles. The first-order valence-electron chi connectivity index (χ1n) is 9.44. The lowest BCUT2D eigenvalue weighted by Crippen LogP contribution is -2.32. The monoisotopic (exact) mass is 420 g/mol. The maximum absolute atomic E-state index is 12.3. The van der Waals surface area contributed by atoms with E-state index < -0.39 is 10.0 Å². The van der Waals surface area contributed by atoms with Crippen molar-refractivity contribution in [2.45, 2.75) is 44.2 Å². The van der Waals surface area contributed by atoms with Gasteiger partial charge in [-0.15, -0.1) is 0 Å². The molecule has 2 N–H and O–H groups in total. The predicted octanol–water partition coefficient (Wildman–Crippen LogP) is 3.03. The lowest BCUT2D eigenvalue weighted by molar-refractivity contribution is -0.123. The topological polar surface area (TPSA) is 93.7 Å². The van der Waals surface area contributed by atoms with E-state index in [0.29, 0.717) is 17.9 Å². The number of carbonyl (C=O) groups is 1. The molecule has 0 unspecified atom stereocenters. The molecule has 2 aromatic carbocycles. The summed E-state index contributed by atoms with van der Waals surface area (Å²) in [6.45, 7) is 5.39. The van der Waals surface area contributed by atoms with Crippen LogP contribution in [-0.2, 0) is 14.8 Å². The Hall–Kier alpha value is -2.58. The van der Waals surface area contributed by atoms with Gasteiger partial charge in [-0.25, -0.2) is 13.1 Å². The largest absolute Gasteiger partial charge is 0.496 e. The molecule has 0 aliphatic carbocycles. The molecule has 0 heterocycles. The summed E-state index contributed by atoms with van der Waals surface area (Å²) in [6, 6.07) is 13.0. The van der Waals surface area contributed by atoms with Crippen LogP contribution in [0.1, 0.15) is 38.8 Å². The van der Waals surface area contributed by atoms with E-state index in [1.807, 2.05) is 38.1 Å². The molecule has 0 spiro atoms. The van der Waals surface area contributed by atoms with E-state index in [0.717, 1.165) is 5.56 Å². The molecule has 0 saturated carbocycles. The fraction of sp³-hybridized carbons (Fsp3) is 0.381. The number of hydrogen-bond acceptors (Lipinski definition) is 5. The molecule has 0 bridgehead atoms. The average molecular weight is 421 g/mol. The number of para-hydroxylation sites is 1. The minimum atomic E-state index is -3.57. The van der Waals surface area contributed by atoms with Crippen LogP contribution in [0.5, 0.6) is 11.5 Å². The van der Waals surface area contributed by atoms with Gasteiger partial charge >= 0.3 is 0 Å². The highest BCUT2D eigenvalue weighted by atomic mass is 32.2. The second-order valence-electron chi connectivity index (χ2n) is 6.72. The zero-order chi connectivity index (χ0) is 21.4. The van der Waals surface area contributed by atoms with Crippen molar-refractivity contribution >= 4 is 15.9 Å². The summed E-state index contributed by atoms with van der Waals surface area (Å²) in [5, 5.41) is 2.85. The Kier molecular flexibility index (Phi) is 8.04. The summed E-state index contributed by atoms with van der Waals surface area (Å²) >= 11 is 0. The van der Waals surface area contributed by atoms with Gasteiger partial charge in [-0.2, -0.15) is 0 Å². The SMILES string of the molecule is CC[C@H](C)NS(=O)(=O)c1ccc(OCC(=O)N[C@H](C)c2ccccc2OC)cc1. The molecule has 2 rings (SSSR count). The van der Waals surface area contributed by atoms with Crippen LogP contribution in [0.15, 0.2) is 53.4 Å². The summed E-state index contributed by atoms with van der Waals surface area (Å²) < 4.78 is 37.9. The standard InChI is InChI=1S/C21H28N2O5S/c1-5-15(2)23-29(25,26)18-12-10-17(11-13-18)28-14-21(24)22-16(3)19-8-6-7-9-20(19)27-4/h6-13,15-16,23H,5,14H2,1-4H3,(H,22,24)/t15-,16+/m0/s1. The number of benzene rings is 2. The highest BCUT2D eigenvalue weighted by molar-refractivity contribution is 7.89. The lowest BCUT2D eigenvalue weighted by atomic mass is 10.1. The van der Waals surface area contributed by atoms with E-state index in [1.54, 1.807) is 14.0 Å². The first-order chi connectivity index (χ1) is 13.8. The third-order valence-electron chi connectivity index (χ3n) is 4.46. The van der Waals surface area contributed by atoms with Crippen molar-refractivity contribution < 1.29 is 22.7 Å². The number of sulfonamides is 1. The van der Waals surface area contributed by atoms with Gasteiger partial charge in [0.15, 0.2) is 6.61 Å². The smallest absolute Gasteiger partial charge is 0.258 e. The normalized spacial score (nSPS) is 13.4. The second kappa shape index (κ2) is 10.3. The number of methoxy groups -OCH3 is 1. The second-order valence-corrected chi connectivity index (χ2v) is 8.44. The zero-order valence-electron chi connectivity index (χ0n) is 17.1. The molecular weight excluding hydrogens is 392 g/mol. The summed E-state index contributed by atoms with van der Waals surface area (Å²) in [5.74, 6) is 0.815. The molecule has 0 radical (unpaired) electrons. The van der Waals surface area contributed by atoms with Gasteiger partial charge in [-0.3, -0.25) is 4.79 Å². The molecule has 7 nitrogen and oxygen atoms in total. The molecular formula is C21H28N2O5S. The molecule has 0 fully saturated rings. The molecule has 29 heavy (non-hydrogen) atoms. The molecule has 1 amide bonds. The van der Waals surface area contributed by atoms with Gasteiger partial charge in [0.1, 0.15) is 11.5 Å². The van der Waals surface area contributed by atoms with Crippen molar-refractivity contribution in [1.29, 1.82) is 0 Å². The van der Waals surface area contributed by atoms with E-state index in [4.69, 9.17) is 9.47 Å². The molecule has 0 aromatic heterocycles. The molecule has 0 aliphatic rings. The van der Waals surface area contributed by atoms with Crippen LogP contribution < -0.4 is 19.5 Å². The Labute approximate surface area is 172 Å². The summed E-state index contributed by atoms with van der Waals surface area (Å²) in [6.07, 6.45) is 0.697. The van der Waals surface area contributed by atoms with Gasteiger partial charge in [0.25, 0.3) is 5.91 Å². The minimum absolute atomic E-state index is 0.148. The number of nitrogens with one attached hydrogen (secondary N) is 2. The molecule has 8 heteroatoms. The fourth-order valence-corrected chi connectivity index (χ4v) is 3.99. The van der Waals surface area contributed by atoms with Gasteiger partial charge in [0, 0.05) is 11.6 Å². The van der Waals surface area contributed by atoms with Crippen LogP contribution in [-0.4, -0.2) is 34.1 Å². The van der Waals surface area contributed by atoms with Crippen molar-refractivity contribution in [1.82, 2.24) is 10.0 Å². The van der Waals surface area contributed by atoms with Crippen molar-refractivity contribution in [3.8, 4) is 11.5 Å². The van der Waals surface area contributed by atoms with Gasteiger partial charge < -0.3 is 14.8 Å². The predicted molar refractivity (Wildman–Crippen MR) is 112 cm³/mol. The number of hydrogen-bond donors (Lipinski definition) is 2. The van der Waals surface area contributed by atoms with Gasteiger partial charge in [-0.1, -0.05) is 25.1 Å². The van der Waals surface area contributed by atoms with E-state index in [1.165, 1.54) is 24.3 Å². The van der Waals surface area contributed by atoms with Crippen molar-refractivity contribution in [3.63, 3.8) is 0 Å². The Balaban J connectivity index is 1.92. The number of ether oxygens (including phenoxy) is 2.